The molecular weight excluding hydrogens is 517 g/mol. The van der Waals surface area contributed by atoms with E-state index in [1.54, 1.807) is 24.1 Å². The van der Waals surface area contributed by atoms with Gasteiger partial charge in [-0.15, -0.1) is 13.2 Å². The summed E-state index contributed by atoms with van der Waals surface area (Å²) in [4.78, 5) is 14.6. The lowest BCUT2D eigenvalue weighted by Crippen LogP contribution is -2.42. The predicted octanol–water partition coefficient (Wildman–Crippen LogP) is 2.91. The molecule has 0 bridgehead atoms. The number of alkyl halides is 3. The van der Waals surface area contributed by atoms with E-state index in [-0.39, 0.29) is 37.9 Å². The van der Waals surface area contributed by atoms with E-state index in [2.05, 4.69) is 20.7 Å². The lowest BCUT2D eigenvalue weighted by Gasteiger charge is -2.28. The number of nitrogens with one attached hydrogen (secondary N) is 3. The first-order valence-corrected chi connectivity index (χ1v) is 11.8. The molecule has 37 heavy (non-hydrogen) atoms. The van der Waals surface area contributed by atoms with Crippen LogP contribution in [0.15, 0.2) is 60.0 Å². The fourth-order valence-electron chi connectivity index (χ4n) is 3.50. The van der Waals surface area contributed by atoms with E-state index < -0.39 is 18.6 Å². The van der Waals surface area contributed by atoms with Crippen molar-refractivity contribution in [2.45, 2.75) is 25.7 Å². The molecule has 202 valence electrons. The number of aliphatic hydroxyl groups excluding tert-OH is 1. The Morgan fingerprint density at radius 1 is 1.16 bits per heavy atom. The third-order valence-corrected chi connectivity index (χ3v) is 5.33. The molecule has 0 aliphatic carbocycles. The van der Waals surface area contributed by atoms with Gasteiger partial charge in [0.1, 0.15) is 23.0 Å². The molecule has 0 aromatic heterocycles. The number of carbonyl (C=O) groups is 1. The van der Waals surface area contributed by atoms with Gasteiger partial charge in [-0.25, -0.2) is 0 Å². The Bertz CT molecular complexity index is 1070. The lowest BCUT2D eigenvalue weighted by atomic mass is 10.2. The molecule has 0 radical (unpaired) electrons. The summed E-state index contributed by atoms with van der Waals surface area (Å²) < 4.78 is 52.6. The van der Waals surface area contributed by atoms with E-state index in [0.29, 0.717) is 29.5 Å². The molecule has 2 aromatic rings. The highest BCUT2D eigenvalue weighted by Gasteiger charge is 2.36. The molecule has 0 spiro atoms. The summed E-state index contributed by atoms with van der Waals surface area (Å²) in [7, 11) is 1.66. The first kappa shape index (κ1) is 28.2. The van der Waals surface area contributed by atoms with E-state index in [0.717, 1.165) is 11.6 Å². The number of halogens is 4. The van der Waals surface area contributed by atoms with Crippen molar-refractivity contribution in [1.82, 2.24) is 20.9 Å². The first-order chi connectivity index (χ1) is 17.7. The van der Waals surface area contributed by atoms with E-state index in [1.165, 1.54) is 18.2 Å². The highest BCUT2D eigenvalue weighted by molar-refractivity contribution is 6.30. The zero-order chi connectivity index (χ0) is 26.8. The van der Waals surface area contributed by atoms with Gasteiger partial charge in [0, 0.05) is 37.6 Å². The van der Waals surface area contributed by atoms with Crippen LogP contribution in [0.3, 0.4) is 0 Å². The SMILES string of the molecule is CNC1=C(C(=O)NCCO)N(Cc2ccc(Cl)cc2)C(OCCCOc2cccc(OC(F)(F)F)c2)N1. The van der Waals surface area contributed by atoms with Crippen LogP contribution in [0.25, 0.3) is 0 Å². The van der Waals surface area contributed by atoms with E-state index >= 15 is 0 Å². The van der Waals surface area contributed by atoms with Crippen LogP contribution in [-0.2, 0) is 16.1 Å². The van der Waals surface area contributed by atoms with Crippen LogP contribution in [-0.4, -0.2) is 62.0 Å². The number of nitrogens with zero attached hydrogens (tertiary/aromatic N) is 1. The van der Waals surface area contributed by atoms with Crippen molar-refractivity contribution in [1.29, 1.82) is 0 Å². The number of rotatable bonds is 13. The average Bonchev–Trinajstić information content (AvgIpc) is 3.20. The summed E-state index contributed by atoms with van der Waals surface area (Å²) in [5.41, 5.74) is 1.20. The summed E-state index contributed by atoms with van der Waals surface area (Å²) in [5, 5.41) is 18.4. The summed E-state index contributed by atoms with van der Waals surface area (Å²) in [6, 6.07) is 12.4. The van der Waals surface area contributed by atoms with Gasteiger partial charge in [-0.1, -0.05) is 29.8 Å². The van der Waals surface area contributed by atoms with Gasteiger partial charge in [0.25, 0.3) is 5.91 Å². The second-order valence-electron chi connectivity index (χ2n) is 7.80. The standard InChI is InChI=1S/C24H28ClF3N4O5/c1-29-21-20(22(34)30-10-11-33)32(15-16-6-8-17(25)9-7-16)23(31-21)36-13-3-12-35-18-4-2-5-19(14-18)37-24(26,27)28/h2,4-9,14,23,29,31,33H,3,10-13,15H2,1H3,(H,30,34). The van der Waals surface area contributed by atoms with Crippen LogP contribution >= 0.6 is 11.6 Å². The van der Waals surface area contributed by atoms with Gasteiger partial charge in [0.2, 0.25) is 6.35 Å². The first-order valence-electron chi connectivity index (χ1n) is 11.4. The number of hydrogen-bond donors (Lipinski definition) is 4. The molecule has 0 saturated carbocycles. The Balaban J connectivity index is 1.60. The van der Waals surface area contributed by atoms with Gasteiger partial charge in [-0.2, -0.15) is 0 Å². The van der Waals surface area contributed by atoms with Crippen LogP contribution in [0.2, 0.25) is 5.02 Å². The molecule has 9 nitrogen and oxygen atoms in total. The second kappa shape index (κ2) is 13.3. The Kier molecular flexibility index (Phi) is 10.1. The largest absolute Gasteiger partial charge is 0.573 e. The molecule has 4 N–H and O–H groups in total. The number of amides is 1. The third kappa shape index (κ3) is 8.62. The van der Waals surface area contributed by atoms with E-state index in [1.807, 2.05) is 12.1 Å². The number of hydrogen-bond acceptors (Lipinski definition) is 8. The van der Waals surface area contributed by atoms with Crippen LogP contribution in [0.4, 0.5) is 13.2 Å². The zero-order valence-corrected chi connectivity index (χ0v) is 20.7. The molecule has 1 aliphatic heterocycles. The third-order valence-electron chi connectivity index (χ3n) is 5.08. The highest BCUT2D eigenvalue weighted by atomic mass is 35.5. The fourth-order valence-corrected chi connectivity index (χ4v) is 3.63. The molecule has 0 saturated heterocycles. The van der Waals surface area contributed by atoms with Crippen molar-refractivity contribution in [3.63, 3.8) is 0 Å². The highest BCUT2D eigenvalue weighted by Crippen LogP contribution is 2.27. The van der Waals surface area contributed by atoms with Gasteiger partial charge in [-0.3, -0.25) is 4.79 Å². The van der Waals surface area contributed by atoms with Crippen molar-refractivity contribution in [2.75, 3.05) is 33.4 Å². The van der Waals surface area contributed by atoms with Gasteiger partial charge in [-0.05, 0) is 29.8 Å². The maximum Gasteiger partial charge on any atom is 0.573 e. The monoisotopic (exact) mass is 544 g/mol. The molecule has 13 heteroatoms. The molecular formula is C24H28ClF3N4O5. The molecule has 1 unspecified atom stereocenters. The van der Waals surface area contributed by atoms with Crippen LogP contribution in [0.5, 0.6) is 11.5 Å². The second-order valence-corrected chi connectivity index (χ2v) is 8.24. The van der Waals surface area contributed by atoms with Gasteiger partial charge in [0.05, 0.1) is 19.8 Å². The maximum absolute atomic E-state index is 12.8. The van der Waals surface area contributed by atoms with Crippen molar-refractivity contribution in [3.05, 3.63) is 70.6 Å². The number of ether oxygens (including phenoxy) is 3. The molecule has 2 aromatic carbocycles. The van der Waals surface area contributed by atoms with Gasteiger partial charge in [0.15, 0.2) is 0 Å². The Morgan fingerprint density at radius 2 is 1.89 bits per heavy atom. The van der Waals surface area contributed by atoms with Crippen LogP contribution < -0.4 is 25.4 Å². The van der Waals surface area contributed by atoms with Gasteiger partial charge < -0.3 is 40.2 Å². The van der Waals surface area contributed by atoms with Crippen molar-refractivity contribution in [2.24, 2.45) is 0 Å². The molecule has 3 rings (SSSR count). The molecule has 0 fully saturated rings. The number of benzene rings is 2. The van der Waals surface area contributed by atoms with Crippen molar-refractivity contribution in [3.8, 4) is 11.5 Å². The molecule has 1 atom stereocenters. The summed E-state index contributed by atoms with van der Waals surface area (Å²) in [5.74, 6) is -0.0820. The predicted molar refractivity (Wildman–Crippen MR) is 129 cm³/mol. The smallest absolute Gasteiger partial charge is 0.493 e. The van der Waals surface area contributed by atoms with Gasteiger partial charge >= 0.3 is 6.36 Å². The molecule has 1 heterocycles. The lowest BCUT2D eigenvalue weighted by molar-refractivity contribution is -0.274. The maximum atomic E-state index is 12.8. The van der Waals surface area contributed by atoms with E-state index in [4.69, 9.17) is 26.2 Å². The van der Waals surface area contributed by atoms with Crippen LogP contribution in [0.1, 0.15) is 12.0 Å². The topological polar surface area (TPSA) is 104 Å². The fraction of sp³-hybridized carbons (Fsp3) is 0.375. The quantitative estimate of drug-likeness (QED) is 0.285. The van der Waals surface area contributed by atoms with E-state index in [9.17, 15) is 18.0 Å². The van der Waals surface area contributed by atoms with Crippen molar-refractivity contribution >= 4 is 17.5 Å². The summed E-state index contributed by atoms with van der Waals surface area (Å²) >= 11 is 5.99. The minimum absolute atomic E-state index is 0.0895. The Hall–Kier alpha value is -3.35. The number of aliphatic hydroxyl groups is 1. The normalized spacial score (nSPS) is 15.4. The Morgan fingerprint density at radius 3 is 2.57 bits per heavy atom. The van der Waals surface area contributed by atoms with Crippen molar-refractivity contribution < 1.29 is 37.3 Å². The Labute approximate surface area is 217 Å². The van der Waals surface area contributed by atoms with Crippen LogP contribution in [0, 0.1) is 0 Å². The minimum Gasteiger partial charge on any atom is -0.493 e. The molecule has 1 aliphatic rings. The minimum atomic E-state index is -4.79. The number of carbonyl (C=O) groups excluding carboxylic acids is 1. The zero-order valence-electron chi connectivity index (χ0n) is 20.0. The average molecular weight is 545 g/mol. The molecule has 1 amide bonds. The summed E-state index contributed by atoms with van der Waals surface area (Å²) in [6.45, 7) is 0.603. The summed E-state index contributed by atoms with van der Waals surface area (Å²) in [6.07, 6.45) is -5.07.